The fourth-order valence-corrected chi connectivity index (χ4v) is 3.92. The van der Waals surface area contributed by atoms with Crippen LogP contribution in [0.1, 0.15) is 207 Å². The van der Waals surface area contributed by atoms with Crippen LogP contribution in [0.25, 0.3) is 0 Å². The molecule has 0 aliphatic heterocycles. The summed E-state index contributed by atoms with van der Waals surface area (Å²) in [6, 6.07) is 8.97. The van der Waals surface area contributed by atoms with Crippen LogP contribution in [-0.4, -0.2) is 339 Å². The first-order chi connectivity index (χ1) is 57.5. The maximum absolute atomic E-state index is 10.4. The molecule has 0 aliphatic carbocycles. The fraction of sp³-hybridized carbons (Fsp3) is 0.278. The molecule has 0 fully saturated rings. The van der Waals surface area contributed by atoms with Gasteiger partial charge in [-0.1, -0.05) is 0 Å². The molecule has 0 spiro atoms. The number of carbonyl (C=O) groups is 28. The molecule has 4 aromatic carbocycles. The molecule has 0 aromatic heterocycles. The number of hydrogen-bond donors (Lipinski definition) is 12. The summed E-state index contributed by atoms with van der Waals surface area (Å²) in [5.41, 5.74) is -6.71. The third-order valence-electron chi connectivity index (χ3n) is 7.40. The van der Waals surface area contributed by atoms with Crippen LogP contribution < -0.4 is 61.3 Å². The number of benzene rings is 4. The molecule has 4 rings (SSSR count). The summed E-state index contributed by atoms with van der Waals surface area (Å²) in [5, 5.41) is 214. The Bertz CT molecular complexity index is 3300. The molecule has 0 saturated carbocycles. The van der Waals surface area contributed by atoms with E-state index in [9.17, 15) is 138 Å². The van der Waals surface area contributed by atoms with E-state index in [1.807, 2.05) is 0 Å². The summed E-state index contributed by atoms with van der Waals surface area (Å²) >= 11 is 0. The van der Waals surface area contributed by atoms with Crippen LogP contribution in [0.4, 0.5) is 0 Å². The molecule has 0 heterocycles. The van der Waals surface area contributed by atoms with Crippen molar-refractivity contribution >= 4 is 169 Å². The number of hydrogen-bond acceptors (Lipinski definition) is 40. The molecule has 4 aromatic rings. The van der Waals surface area contributed by atoms with Gasteiger partial charge >= 0.3 is 27.3 Å². The smallest absolute Gasteiger partial charge is 0.545 e. The topological polar surface area (TPSA) is 1200 Å². The first kappa shape index (κ1) is 201. The van der Waals surface area contributed by atoms with Crippen molar-refractivity contribution < 1.29 is 470 Å². The third-order valence-corrected chi connectivity index (χ3v) is 7.40. The van der Waals surface area contributed by atoms with E-state index in [0.29, 0.717) is 0 Å². The van der Waals surface area contributed by atoms with E-state index in [1.165, 1.54) is 19.6 Å². The van der Waals surface area contributed by atoms with Crippen LogP contribution in [0.3, 0.4) is 0 Å². The van der Waals surface area contributed by atoms with Crippen molar-refractivity contribution in [1.29, 1.82) is 0 Å². The molecule has 67 heteroatoms. The van der Waals surface area contributed by atoms with Gasteiger partial charge in [0.2, 0.25) is 25.6 Å². The number of aliphatic carboxylic acids is 12. The Morgan fingerprint density at radius 2 is 0.209 bits per heavy atom. The van der Waals surface area contributed by atoms with Gasteiger partial charge in [0.1, 0.15) is 0 Å². The molecule has 2 radical (unpaired) electrons. The second-order valence-corrected chi connectivity index (χ2v) is 21.1. The van der Waals surface area contributed by atoms with Crippen molar-refractivity contribution in [2.75, 3.05) is 56.4 Å². The zero-order chi connectivity index (χ0) is 106. The Morgan fingerprint density at radius 3 is 0.223 bits per heavy atom. The van der Waals surface area contributed by atoms with E-state index in [4.69, 9.17) is 119 Å². The first-order valence-corrected chi connectivity index (χ1v) is 31.5. The van der Waals surface area contributed by atoms with Crippen molar-refractivity contribution in [1.82, 2.24) is 19.6 Å². The minimum atomic E-state index is -1.68. The van der Waals surface area contributed by atoms with Gasteiger partial charge in [-0.05, 0) is 140 Å². The Balaban J connectivity index is -0.0000000390. The Hall–Kier alpha value is -12.3. The van der Waals surface area contributed by atoms with E-state index in [1.54, 1.807) is 56.4 Å². The summed E-state index contributed by atoms with van der Waals surface area (Å²) in [6.07, 6.45) is 3.00. The van der Waals surface area contributed by atoms with Crippen LogP contribution in [0.5, 0.6) is 0 Å². The number of amides is 4. The SMILES string of the molecule is CC(=O)O.CC(=O)O.CC(=O)O.CC(=O)O.CC(=O)O.CC(=O)O.CC(=O)O.CC(=O)O.CC(=O)O.CC(=O)O.CC(=O)O.CC(=O)O.CN(C)C=O.CN(C)C=O.CN(C)C=O.CN(C)C=O.O.O.O.O.O.O.O=C([O-])c1cc(C(=O)[O-])cc(C(=O)[O-])c1.O=C([O-])c1cc(C(=O)[O-])cc(C(=O)[O-])c1.O=C([O-])c1cc(C(=O)[O-])cc(C(=O)[O-])c1.O=C([O-])c1cc(C(=O)[O-])cc(C(=O)[O-])c1.[Cd+2].[Cd].[Cd].[Eu].[Eu]. The zero-order valence-corrected chi connectivity index (χ0v) is 93.6. The molecule has 0 atom stereocenters. The largest absolute Gasteiger partial charge is 2.00 e. The standard InChI is InChI=1S/4C9H6O6.4C3H7NO.12C2H4O2.3Cd.2Eu.6H2O/c4*10-7(11)4-1-5(8(12)13)3-6(2-4)9(14)15;4*1-4(2)3-5;12*1-2(3)4;;;;;;;;;;;/h4*1-3H,(H,10,11)(H,12,13)(H,14,15);4*3H,1-2H3;12*1H3,(H,3,4);;;;;;6*1H2/q;;;;;;;;;;;;;;;;;;;;;;+2;;;;;;;;/p-12. The van der Waals surface area contributed by atoms with Crippen LogP contribution in [0, 0.1) is 98.8 Å². The summed E-state index contributed by atoms with van der Waals surface area (Å²) in [4.78, 5) is 276. The number of nitrogens with zero attached hydrogens (tertiary/aromatic N) is 4. The van der Waals surface area contributed by atoms with Crippen LogP contribution in [0.15, 0.2) is 72.8 Å². The Labute approximate surface area is 928 Å². The van der Waals surface area contributed by atoms with Gasteiger partial charge < -0.3 is 233 Å². The predicted octanol–water partition coefficient (Wildman–Crippen LogP) is -17.9. The molecule has 0 saturated heterocycles. The number of rotatable bonds is 16. The van der Waals surface area contributed by atoms with E-state index in [-0.39, 0.29) is 214 Å². The normalized spacial score (nSPS) is 7.28. The summed E-state index contributed by atoms with van der Waals surface area (Å²) in [7, 11) is 13.5. The number of aromatic carboxylic acids is 12. The zero-order valence-electron chi connectivity index (χ0n) is 76.6. The van der Waals surface area contributed by atoms with Gasteiger partial charge in [0.25, 0.3) is 71.6 Å². The van der Waals surface area contributed by atoms with Gasteiger partial charge in [0.15, 0.2) is 0 Å². The van der Waals surface area contributed by atoms with Gasteiger partial charge in [-0.25, -0.2) is 0 Å². The van der Waals surface area contributed by atoms with Crippen LogP contribution >= 0.6 is 0 Å². The van der Waals surface area contributed by atoms with Crippen molar-refractivity contribution in [3.05, 3.63) is 140 Å². The van der Waals surface area contributed by atoms with E-state index < -0.39 is 210 Å². The summed E-state index contributed by atoms with van der Waals surface area (Å²) < 4.78 is 0. The third kappa shape index (κ3) is 229. The number of carboxylic acid groups (broad SMARTS) is 24. The predicted molar refractivity (Wildman–Crippen MR) is 418 cm³/mol. The van der Waals surface area contributed by atoms with E-state index >= 15 is 0 Å². The minimum absolute atomic E-state index is 0. The second kappa shape index (κ2) is 128. The maximum atomic E-state index is 10.4. The molecular weight excluding hydrogens is 2490 g/mol. The maximum Gasteiger partial charge on any atom is 2.00 e. The van der Waals surface area contributed by atoms with E-state index in [0.717, 1.165) is 182 Å². The van der Waals surface area contributed by atoms with Gasteiger partial charge in [0.05, 0.1) is 71.6 Å². The van der Waals surface area contributed by atoms with Gasteiger partial charge in [-0.15, -0.1) is 0 Å². The molecule has 139 heavy (non-hydrogen) atoms. The average molecular weight is 2590 g/mol. The van der Waals surface area contributed by atoms with Crippen LogP contribution in [0.2, 0.25) is 0 Å². The second-order valence-electron chi connectivity index (χ2n) is 21.1. The van der Waals surface area contributed by atoms with Crippen molar-refractivity contribution in [3.8, 4) is 0 Å². The van der Waals surface area contributed by atoms with E-state index in [2.05, 4.69) is 0 Å². The molecule has 0 bridgehead atoms. The van der Waals surface area contributed by atoms with Gasteiger partial charge in [-0.2, -0.15) is 0 Å². The average Bonchev–Trinajstić information content (AvgIpc) is 0.860. The summed E-state index contributed by atoms with van der Waals surface area (Å²) in [6.45, 7) is 13.0. The molecular formula is C72H100Cd3Eu2N4O58-10. The molecule has 4 amide bonds. The first-order valence-electron chi connectivity index (χ1n) is 31.5. The number of carbonyl (C=O) groups excluding carboxylic acids is 16. The van der Waals surface area contributed by atoms with Gasteiger partial charge in [-0.3, -0.25) is 76.7 Å². The van der Waals surface area contributed by atoms with Crippen molar-refractivity contribution in [2.45, 2.75) is 83.1 Å². The Kier molecular flexibility index (Phi) is 185. The number of carboxylic acids is 24. The molecule has 62 nitrogen and oxygen atoms in total. The quantitative estimate of drug-likeness (QED) is 0.0366. The molecule has 786 valence electrons. The van der Waals surface area contributed by atoms with Crippen LogP contribution in [-0.2, 0) is 159 Å². The summed E-state index contributed by atoms with van der Waals surface area (Å²) in [5.74, 6) is -30.2. The van der Waals surface area contributed by atoms with Crippen molar-refractivity contribution in [2.24, 2.45) is 0 Å². The minimum Gasteiger partial charge on any atom is -0.545 e. The molecule has 24 N–H and O–H groups in total. The van der Waals surface area contributed by atoms with Crippen molar-refractivity contribution in [3.63, 3.8) is 0 Å². The fourth-order valence-electron chi connectivity index (χ4n) is 3.92. The van der Waals surface area contributed by atoms with Gasteiger partial charge in [0, 0.05) is 293 Å². The Morgan fingerprint density at radius 1 is 0.180 bits per heavy atom. The molecule has 0 unspecified atom stereocenters. The monoisotopic (exact) mass is 2600 g/mol. The molecule has 0 aliphatic rings.